The second kappa shape index (κ2) is 6.95. The number of nitrogens with zero attached hydrogens (tertiary/aromatic N) is 3. The van der Waals surface area contributed by atoms with Crippen LogP contribution in [0, 0.1) is 0 Å². The van der Waals surface area contributed by atoms with E-state index in [1.54, 1.807) is 0 Å². The first-order chi connectivity index (χ1) is 11.0. The third kappa shape index (κ3) is 4.50. The van der Waals surface area contributed by atoms with E-state index >= 15 is 0 Å². The Labute approximate surface area is 137 Å². The van der Waals surface area contributed by atoms with Gasteiger partial charge in [0.05, 0.1) is 11.3 Å². The molecule has 6 heteroatoms. The van der Waals surface area contributed by atoms with Gasteiger partial charge in [-0.3, -0.25) is 14.8 Å². The van der Waals surface area contributed by atoms with E-state index < -0.39 is 9.84 Å². The Morgan fingerprint density at radius 2 is 1.74 bits per heavy atom. The quantitative estimate of drug-likeness (QED) is 0.828. The summed E-state index contributed by atoms with van der Waals surface area (Å²) in [5.74, 6) is 0.250. The lowest BCUT2D eigenvalue weighted by Gasteiger charge is -2.34. The van der Waals surface area contributed by atoms with E-state index in [0.717, 1.165) is 38.2 Å². The zero-order chi connectivity index (χ0) is 16.3. The fraction of sp³-hybridized carbons (Fsp3) is 0.471. The molecule has 0 aliphatic carbocycles. The number of rotatable bonds is 5. The highest BCUT2D eigenvalue weighted by Gasteiger charge is 2.18. The molecule has 5 nitrogen and oxygen atoms in total. The van der Waals surface area contributed by atoms with Crippen molar-refractivity contribution in [2.24, 2.45) is 0 Å². The molecule has 124 valence electrons. The monoisotopic (exact) mass is 333 g/mol. The molecule has 2 aromatic rings. The first kappa shape index (κ1) is 16.4. The molecule has 0 spiro atoms. The smallest absolute Gasteiger partial charge is 0.148 e. The van der Waals surface area contributed by atoms with Crippen LogP contribution in [-0.2, 0) is 16.4 Å². The predicted molar refractivity (Wildman–Crippen MR) is 93.2 cm³/mol. The molecule has 1 aromatic heterocycles. The lowest BCUT2D eigenvalue weighted by molar-refractivity contribution is 0.133. The third-order valence-corrected chi connectivity index (χ3v) is 5.28. The Morgan fingerprint density at radius 3 is 2.48 bits per heavy atom. The van der Waals surface area contributed by atoms with Crippen LogP contribution in [0.5, 0.6) is 0 Å². The van der Waals surface area contributed by atoms with Crippen molar-refractivity contribution >= 4 is 20.7 Å². The number of aromatic nitrogens is 1. The molecule has 1 aromatic carbocycles. The maximum Gasteiger partial charge on any atom is 0.148 e. The molecule has 1 aliphatic rings. The molecule has 0 amide bonds. The normalized spacial score (nSPS) is 17.6. The Balaban J connectivity index is 1.58. The van der Waals surface area contributed by atoms with Crippen LogP contribution >= 0.6 is 0 Å². The van der Waals surface area contributed by atoms with Crippen LogP contribution in [0.4, 0.5) is 0 Å². The maximum absolute atomic E-state index is 11.3. The maximum atomic E-state index is 11.3. The molecular weight excluding hydrogens is 310 g/mol. The minimum atomic E-state index is -2.87. The van der Waals surface area contributed by atoms with Gasteiger partial charge in [0.1, 0.15) is 9.84 Å². The summed E-state index contributed by atoms with van der Waals surface area (Å²) in [5.41, 5.74) is 2.34. The van der Waals surface area contributed by atoms with Crippen LogP contribution in [0.15, 0.2) is 36.5 Å². The van der Waals surface area contributed by atoms with Crippen LogP contribution in [0.2, 0.25) is 0 Å². The van der Waals surface area contributed by atoms with Crippen LogP contribution in [0.1, 0.15) is 5.56 Å². The van der Waals surface area contributed by atoms with Gasteiger partial charge < -0.3 is 0 Å². The van der Waals surface area contributed by atoms with Gasteiger partial charge in [0.25, 0.3) is 0 Å². The van der Waals surface area contributed by atoms with Crippen molar-refractivity contribution in [3.8, 4) is 0 Å². The van der Waals surface area contributed by atoms with E-state index in [2.05, 4.69) is 39.0 Å². The summed E-state index contributed by atoms with van der Waals surface area (Å²) < 4.78 is 22.5. The van der Waals surface area contributed by atoms with E-state index in [4.69, 9.17) is 0 Å². The number of para-hydroxylation sites is 1. The standard InChI is InChI=1S/C17H23N3O2S/c1-23(21,22)13-12-19-8-10-20(11-9-19)14-16-5-2-4-15-6-3-7-18-17(15)16/h2-7H,8-14H2,1H3. The van der Waals surface area contributed by atoms with Crippen molar-refractivity contribution in [1.29, 1.82) is 0 Å². The molecule has 23 heavy (non-hydrogen) atoms. The van der Waals surface area contributed by atoms with Gasteiger partial charge in [0.15, 0.2) is 0 Å². The van der Waals surface area contributed by atoms with Gasteiger partial charge in [-0.2, -0.15) is 0 Å². The predicted octanol–water partition coefficient (Wildman–Crippen LogP) is 1.40. The van der Waals surface area contributed by atoms with E-state index in [1.807, 2.05) is 12.3 Å². The van der Waals surface area contributed by atoms with Gasteiger partial charge in [-0.25, -0.2) is 8.42 Å². The Bertz CT molecular complexity index is 763. The van der Waals surface area contributed by atoms with Crippen molar-refractivity contribution in [3.63, 3.8) is 0 Å². The minimum Gasteiger partial charge on any atom is -0.300 e. The van der Waals surface area contributed by atoms with E-state index in [9.17, 15) is 8.42 Å². The topological polar surface area (TPSA) is 53.5 Å². The van der Waals surface area contributed by atoms with Crippen molar-refractivity contribution < 1.29 is 8.42 Å². The first-order valence-electron chi connectivity index (χ1n) is 7.96. The summed E-state index contributed by atoms with van der Waals surface area (Å²) in [7, 11) is -2.87. The molecule has 3 rings (SSSR count). The Morgan fingerprint density at radius 1 is 1.04 bits per heavy atom. The van der Waals surface area contributed by atoms with Crippen LogP contribution in [0.3, 0.4) is 0 Å². The molecule has 0 radical (unpaired) electrons. The molecule has 0 bridgehead atoms. The van der Waals surface area contributed by atoms with Gasteiger partial charge in [-0.05, 0) is 11.6 Å². The summed E-state index contributed by atoms with van der Waals surface area (Å²) in [5, 5.41) is 1.18. The molecule has 1 saturated heterocycles. The lowest BCUT2D eigenvalue weighted by atomic mass is 10.1. The first-order valence-corrected chi connectivity index (χ1v) is 10.0. The summed E-state index contributed by atoms with van der Waals surface area (Å²) >= 11 is 0. The molecule has 0 N–H and O–H groups in total. The summed E-state index contributed by atoms with van der Waals surface area (Å²) in [6, 6.07) is 10.4. The molecule has 2 heterocycles. The van der Waals surface area contributed by atoms with E-state index in [1.165, 1.54) is 17.2 Å². The van der Waals surface area contributed by atoms with Gasteiger partial charge in [0, 0.05) is 57.1 Å². The van der Waals surface area contributed by atoms with Gasteiger partial charge in [-0.1, -0.05) is 24.3 Å². The second-order valence-corrected chi connectivity index (χ2v) is 8.50. The average Bonchev–Trinajstić information content (AvgIpc) is 2.54. The number of piperazine rings is 1. The summed E-state index contributed by atoms with van der Waals surface area (Å²) in [6.07, 6.45) is 3.14. The SMILES string of the molecule is CS(=O)(=O)CCN1CCN(Cc2cccc3cccnc23)CC1. The highest BCUT2D eigenvalue weighted by molar-refractivity contribution is 7.90. The Kier molecular flexibility index (Phi) is 4.94. The van der Waals surface area contributed by atoms with Crippen molar-refractivity contribution in [1.82, 2.24) is 14.8 Å². The zero-order valence-electron chi connectivity index (χ0n) is 13.5. The largest absolute Gasteiger partial charge is 0.300 e. The van der Waals surface area contributed by atoms with Crippen molar-refractivity contribution in [3.05, 3.63) is 42.1 Å². The second-order valence-electron chi connectivity index (χ2n) is 6.24. The van der Waals surface area contributed by atoms with Crippen molar-refractivity contribution in [2.75, 3.05) is 44.7 Å². The van der Waals surface area contributed by atoms with Gasteiger partial charge >= 0.3 is 0 Å². The number of fused-ring (bicyclic) bond motifs is 1. The highest BCUT2D eigenvalue weighted by atomic mass is 32.2. The molecule has 0 saturated carbocycles. The molecular formula is C17H23N3O2S. The number of benzene rings is 1. The molecule has 0 unspecified atom stereocenters. The van der Waals surface area contributed by atoms with Crippen molar-refractivity contribution in [2.45, 2.75) is 6.54 Å². The fourth-order valence-corrected chi connectivity index (χ4v) is 3.59. The molecule has 1 fully saturated rings. The minimum absolute atomic E-state index is 0.250. The number of sulfone groups is 1. The highest BCUT2D eigenvalue weighted by Crippen LogP contribution is 2.18. The third-order valence-electron chi connectivity index (χ3n) is 4.35. The summed E-state index contributed by atoms with van der Waals surface area (Å²) in [6.45, 7) is 5.32. The van der Waals surface area contributed by atoms with Gasteiger partial charge in [-0.15, -0.1) is 0 Å². The van der Waals surface area contributed by atoms with Crippen LogP contribution < -0.4 is 0 Å². The fourth-order valence-electron chi connectivity index (χ4n) is 3.00. The Hall–Kier alpha value is -1.50. The summed E-state index contributed by atoms with van der Waals surface area (Å²) in [4.78, 5) is 9.17. The van der Waals surface area contributed by atoms with Gasteiger partial charge in [0.2, 0.25) is 0 Å². The number of hydrogen-bond acceptors (Lipinski definition) is 5. The molecule has 1 aliphatic heterocycles. The van der Waals surface area contributed by atoms with Crippen LogP contribution in [0.25, 0.3) is 10.9 Å². The zero-order valence-corrected chi connectivity index (χ0v) is 14.3. The number of pyridine rings is 1. The number of hydrogen-bond donors (Lipinski definition) is 0. The van der Waals surface area contributed by atoms with E-state index in [-0.39, 0.29) is 5.75 Å². The van der Waals surface area contributed by atoms with Crippen LogP contribution in [-0.4, -0.2) is 67.9 Å². The average molecular weight is 333 g/mol. The van der Waals surface area contributed by atoms with E-state index in [0.29, 0.717) is 6.54 Å². The lowest BCUT2D eigenvalue weighted by Crippen LogP contribution is -2.47. The molecule has 0 atom stereocenters.